The fraction of sp³-hybridized carbons (Fsp3) is 0.0541. The van der Waals surface area contributed by atoms with Gasteiger partial charge in [-0.1, -0.05) is 158 Å². The molecule has 15 aromatic rings. The molecule has 6 nitrogen and oxygen atoms in total. The molecule has 0 saturated carbocycles. The van der Waals surface area contributed by atoms with Gasteiger partial charge in [-0.3, -0.25) is 4.57 Å². The summed E-state index contributed by atoms with van der Waals surface area (Å²) in [7, 11) is 0. The van der Waals surface area contributed by atoms with Gasteiger partial charge in [-0.05, 0) is 140 Å². The Morgan fingerprint density at radius 3 is 1.66 bits per heavy atom. The highest BCUT2D eigenvalue weighted by atomic mass is 15.1. The second kappa shape index (κ2) is 18.2. The average molecular weight is 1030 g/mol. The normalized spacial score (nSPS) is 13.7. The third-order valence-electron chi connectivity index (χ3n) is 16.8. The molecule has 0 fully saturated rings. The van der Waals surface area contributed by atoms with Crippen LogP contribution >= 0.6 is 0 Å². The molecule has 5 aromatic heterocycles. The summed E-state index contributed by atoms with van der Waals surface area (Å²) in [6.07, 6.45) is 8.24. The van der Waals surface area contributed by atoms with Crippen LogP contribution in [0.1, 0.15) is 41.6 Å². The van der Waals surface area contributed by atoms with E-state index in [0.29, 0.717) is 5.82 Å². The molecule has 0 saturated heterocycles. The second-order valence-electron chi connectivity index (χ2n) is 21.4. The third-order valence-corrected chi connectivity index (χ3v) is 16.8. The van der Waals surface area contributed by atoms with Gasteiger partial charge in [0.25, 0.3) is 0 Å². The van der Waals surface area contributed by atoms with Crippen LogP contribution in [-0.4, -0.2) is 28.2 Å². The van der Waals surface area contributed by atoms with E-state index in [0.717, 1.165) is 51.3 Å². The summed E-state index contributed by atoms with van der Waals surface area (Å²) in [5, 5.41) is 10.9. The molecule has 80 heavy (non-hydrogen) atoms. The van der Waals surface area contributed by atoms with Crippen LogP contribution in [0.4, 0.5) is 0 Å². The van der Waals surface area contributed by atoms with Crippen molar-refractivity contribution >= 4 is 100 Å². The van der Waals surface area contributed by atoms with Crippen LogP contribution in [0, 0.1) is 6.92 Å². The first-order valence-corrected chi connectivity index (χ1v) is 27.7. The predicted molar refractivity (Wildman–Crippen MR) is 334 cm³/mol. The highest BCUT2D eigenvalue weighted by molar-refractivity contribution is 6.11. The van der Waals surface area contributed by atoms with Gasteiger partial charge < -0.3 is 13.7 Å². The van der Waals surface area contributed by atoms with Gasteiger partial charge >= 0.3 is 0 Å². The Bertz CT molecular complexity index is 5180. The van der Waals surface area contributed by atoms with Crippen molar-refractivity contribution in [2.45, 2.75) is 26.2 Å². The van der Waals surface area contributed by atoms with Gasteiger partial charge in [-0.25, -0.2) is 9.97 Å². The van der Waals surface area contributed by atoms with Crippen LogP contribution in [0.5, 0.6) is 0 Å². The zero-order valence-electron chi connectivity index (χ0n) is 44.3. The van der Waals surface area contributed by atoms with Crippen LogP contribution in [0.2, 0.25) is 0 Å². The summed E-state index contributed by atoms with van der Waals surface area (Å²) in [5.74, 6) is 1.72. The van der Waals surface area contributed by atoms with Gasteiger partial charge in [0.05, 0.1) is 44.0 Å². The number of allylic oxidation sites excluding steroid dienone is 1. The Balaban J connectivity index is 0.808. The maximum atomic E-state index is 5.59. The summed E-state index contributed by atoms with van der Waals surface area (Å²) >= 11 is 0. The lowest BCUT2D eigenvalue weighted by Gasteiger charge is -2.16. The minimum absolute atomic E-state index is 0.184. The molecule has 0 N–H and O–H groups in total. The van der Waals surface area contributed by atoms with E-state index in [4.69, 9.17) is 9.97 Å². The van der Waals surface area contributed by atoms with Crippen LogP contribution in [-0.2, 0) is 0 Å². The summed E-state index contributed by atoms with van der Waals surface area (Å²) in [6, 6.07) is 87.7. The van der Waals surface area contributed by atoms with Crippen LogP contribution in [0.3, 0.4) is 0 Å². The first-order chi connectivity index (χ1) is 39.5. The molecule has 0 bridgehead atoms. The van der Waals surface area contributed by atoms with Gasteiger partial charge in [0.15, 0.2) is 5.82 Å². The van der Waals surface area contributed by atoms with E-state index in [1.54, 1.807) is 0 Å². The molecule has 1 aliphatic rings. The summed E-state index contributed by atoms with van der Waals surface area (Å²) in [5.41, 5.74) is 18.3. The standard InChI is InChI=1S/C74H52N6/c1-47(49-37-40-70-63(44-49)58-28-12-17-34-68(58)78(70)53-21-5-3-6-22-53)42-62-48(2)77(66-32-15-11-27-57(62)66)74-61-30-9-14-31-65(61)75-73(76-74)52-20-19-25-55(43-52)80-67-33-16-10-26-56(67)60-39-36-51(46-72(60)80)50-38-41-71-64(45-50)59-29-13-18-35-69(59)79(71)54-23-7-4-8-24-54/h3-35,37-46,51H,36H2,1-2H3/b47-42+. The molecule has 0 spiro atoms. The van der Waals surface area contributed by atoms with E-state index in [-0.39, 0.29) is 5.92 Å². The van der Waals surface area contributed by atoms with Crippen molar-refractivity contribution in [3.8, 4) is 34.3 Å². The summed E-state index contributed by atoms with van der Waals surface area (Å²) in [6.45, 7) is 4.47. The van der Waals surface area contributed by atoms with Crippen molar-refractivity contribution in [3.63, 3.8) is 0 Å². The van der Waals surface area contributed by atoms with Gasteiger partial charge in [0.2, 0.25) is 0 Å². The molecule has 0 amide bonds. The minimum Gasteiger partial charge on any atom is -0.310 e. The van der Waals surface area contributed by atoms with Crippen LogP contribution in [0.15, 0.2) is 243 Å². The average Bonchev–Trinajstić information content (AvgIpc) is 4.26. The lowest BCUT2D eigenvalue weighted by Crippen LogP contribution is -2.32. The lowest BCUT2D eigenvalue weighted by atomic mass is 9.91. The molecule has 1 unspecified atom stereocenters. The van der Waals surface area contributed by atoms with Gasteiger partial charge in [-0.15, -0.1) is 0 Å². The van der Waals surface area contributed by atoms with Crippen molar-refractivity contribution in [2.75, 3.05) is 0 Å². The number of benzene rings is 10. The summed E-state index contributed by atoms with van der Waals surface area (Å²) in [4.78, 5) is 10.9. The molecule has 378 valence electrons. The highest BCUT2D eigenvalue weighted by Crippen LogP contribution is 2.39. The molecule has 1 atom stereocenters. The predicted octanol–water partition coefficient (Wildman–Crippen LogP) is 17.0. The Morgan fingerprint density at radius 2 is 0.975 bits per heavy atom. The van der Waals surface area contributed by atoms with Gasteiger partial charge in [0.1, 0.15) is 5.82 Å². The molecule has 16 rings (SSSR count). The zero-order chi connectivity index (χ0) is 53.0. The van der Waals surface area contributed by atoms with E-state index < -0.39 is 0 Å². The Kier molecular flexibility index (Phi) is 10.4. The quantitative estimate of drug-likeness (QED) is 0.152. The molecule has 0 aliphatic heterocycles. The lowest BCUT2D eigenvalue weighted by molar-refractivity contribution is 0.905. The topological polar surface area (TPSA) is 45.5 Å². The summed E-state index contributed by atoms with van der Waals surface area (Å²) < 4.78 is 9.56. The van der Waals surface area contributed by atoms with E-state index in [1.165, 1.54) is 98.4 Å². The molecule has 5 heterocycles. The SMILES string of the molecule is C/C(=C\c1c(C)n(-c2nc(-c3cccc(-n4c5c(c6ccccc64)=CCC(c4ccc6c(c4)c4ccccc4n6-c4ccccc4)C=5)c3)nc3ccccc23)c2ccccc12)c1ccc2c(c1)c1ccccc1n2-c1ccccc1. The zero-order valence-corrected chi connectivity index (χ0v) is 44.3. The second-order valence-corrected chi connectivity index (χ2v) is 21.4. The molecular formula is C74H52N6. The fourth-order valence-electron chi connectivity index (χ4n) is 13.1. The van der Waals surface area contributed by atoms with Crippen molar-refractivity contribution in [1.29, 1.82) is 0 Å². The first-order valence-electron chi connectivity index (χ1n) is 27.7. The Morgan fingerprint density at radius 1 is 0.438 bits per heavy atom. The number of aromatic nitrogens is 6. The van der Waals surface area contributed by atoms with Crippen molar-refractivity contribution in [3.05, 3.63) is 276 Å². The molecule has 6 heteroatoms. The maximum Gasteiger partial charge on any atom is 0.162 e. The number of rotatable bonds is 8. The number of para-hydroxylation sites is 7. The number of fused-ring (bicyclic) bond motifs is 11. The minimum atomic E-state index is 0.184. The Labute approximate surface area is 462 Å². The monoisotopic (exact) mass is 1020 g/mol. The molecular weight excluding hydrogens is 973 g/mol. The number of hydrogen-bond donors (Lipinski definition) is 0. The fourth-order valence-corrected chi connectivity index (χ4v) is 13.1. The molecule has 0 radical (unpaired) electrons. The first kappa shape index (κ1) is 45.9. The van der Waals surface area contributed by atoms with E-state index in [1.807, 2.05) is 0 Å². The van der Waals surface area contributed by atoms with Crippen molar-refractivity contribution < 1.29 is 0 Å². The van der Waals surface area contributed by atoms with Crippen LogP contribution in [0.25, 0.3) is 134 Å². The van der Waals surface area contributed by atoms with Crippen LogP contribution < -0.4 is 10.6 Å². The smallest absolute Gasteiger partial charge is 0.162 e. The number of hydrogen-bond acceptors (Lipinski definition) is 2. The van der Waals surface area contributed by atoms with Gasteiger partial charge in [0, 0.05) is 82.7 Å². The highest BCUT2D eigenvalue weighted by Gasteiger charge is 2.23. The van der Waals surface area contributed by atoms with E-state index in [2.05, 4.69) is 293 Å². The number of nitrogens with zero attached hydrogens (tertiary/aromatic N) is 6. The Hall–Kier alpha value is -10.3. The van der Waals surface area contributed by atoms with Crippen molar-refractivity contribution in [2.24, 2.45) is 0 Å². The van der Waals surface area contributed by atoms with E-state index in [9.17, 15) is 0 Å². The molecule has 1 aliphatic carbocycles. The largest absolute Gasteiger partial charge is 0.310 e. The molecule has 10 aromatic carbocycles. The van der Waals surface area contributed by atoms with Crippen molar-refractivity contribution in [1.82, 2.24) is 28.2 Å². The van der Waals surface area contributed by atoms with E-state index >= 15 is 0 Å². The van der Waals surface area contributed by atoms with Gasteiger partial charge in [-0.2, -0.15) is 0 Å². The third kappa shape index (κ3) is 7.12. The maximum absolute atomic E-state index is 5.59.